The Morgan fingerprint density at radius 3 is 2.33 bits per heavy atom. The quantitative estimate of drug-likeness (QED) is 0.584. The van der Waals surface area contributed by atoms with E-state index in [-0.39, 0.29) is 29.1 Å². The highest BCUT2D eigenvalue weighted by molar-refractivity contribution is 5.92. The fourth-order valence-electron chi connectivity index (χ4n) is 4.94. The predicted octanol–water partition coefficient (Wildman–Crippen LogP) is 5.76. The molecule has 1 aromatic heterocycles. The summed E-state index contributed by atoms with van der Waals surface area (Å²) in [6.07, 6.45) is 4.60. The first kappa shape index (κ1) is 19.2. The summed E-state index contributed by atoms with van der Waals surface area (Å²) in [6, 6.07) is 8.17. The summed E-state index contributed by atoms with van der Waals surface area (Å²) in [5, 5.41) is 0.501. The van der Waals surface area contributed by atoms with E-state index in [1.165, 1.54) is 24.6 Å². The maximum atomic E-state index is 14.5. The lowest BCUT2D eigenvalue weighted by Crippen LogP contribution is -2.43. The average molecular weight is 412 g/mol. The number of amides is 1. The summed E-state index contributed by atoms with van der Waals surface area (Å²) in [4.78, 5) is 17.9. The van der Waals surface area contributed by atoms with Crippen molar-refractivity contribution >= 4 is 16.8 Å². The zero-order valence-corrected chi connectivity index (χ0v) is 16.6. The van der Waals surface area contributed by atoms with Crippen molar-refractivity contribution < 1.29 is 18.0 Å². The van der Waals surface area contributed by atoms with Gasteiger partial charge in [0.15, 0.2) is 0 Å². The molecule has 0 bridgehead atoms. The Hall–Kier alpha value is -2.76. The van der Waals surface area contributed by atoms with Gasteiger partial charge in [0.05, 0.1) is 11.2 Å². The fraction of sp³-hybridized carbons (Fsp3) is 0.375. The topological polar surface area (TPSA) is 36.1 Å². The van der Waals surface area contributed by atoms with E-state index in [4.69, 9.17) is 0 Å². The normalized spacial score (nSPS) is 21.6. The van der Waals surface area contributed by atoms with E-state index in [0.717, 1.165) is 37.6 Å². The Balaban J connectivity index is 1.49. The van der Waals surface area contributed by atoms with Crippen molar-refractivity contribution in [1.29, 1.82) is 0 Å². The van der Waals surface area contributed by atoms with E-state index in [2.05, 4.69) is 4.98 Å². The molecule has 5 rings (SSSR count). The van der Waals surface area contributed by atoms with Crippen LogP contribution in [0, 0.1) is 23.4 Å². The summed E-state index contributed by atoms with van der Waals surface area (Å²) in [6.45, 7) is 1.65. The van der Waals surface area contributed by atoms with Gasteiger partial charge in [-0.1, -0.05) is 0 Å². The molecular formula is C24H23F3N2O. The molecule has 1 saturated heterocycles. The van der Waals surface area contributed by atoms with Crippen LogP contribution in [0.1, 0.15) is 43.6 Å². The van der Waals surface area contributed by atoms with Crippen molar-refractivity contribution in [2.45, 2.75) is 38.0 Å². The molecule has 156 valence electrons. The van der Waals surface area contributed by atoms with Crippen LogP contribution >= 0.6 is 0 Å². The molecule has 1 aliphatic carbocycles. The summed E-state index contributed by atoms with van der Waals surface area (Å²) >= 11 is 0. The van der Waals surface area contributed by atoms with Gasteiger partial charge < -0.3 is 9.88 Å². The Bertz CT molecular complexity index is 1090. The molecule has 2 aliphatic rings. The third kappa shape index (κ3) is 3.28. The minimum atomic E-state index is -0.653. The molecule has 1 N–H and O–H groups in total. The van der Waals surface area contributed by atoms with Gasteiger partial charge in [-0.25, -0.2) is 13.2 Å². The minimum absolute atomic E-state index is 0.0266. The number of fused-ring (bicyclic) bond motifs is 1. The molecule has 2 heterocycles. The molecule has 30 heavy (non-hydrogen) atoms. The molecule has 0 unspecified atom stereocenters. The first-order chi connectivity index (χ1) is 14.5. The van der Waals surface area contributed by atoms with Crippen LogP contribution in [0.2, 0.25) is 0 Å². The van der Waals surface area contributed by atoms with Crippen molar-refractivity contribution in [1.82, 2.24) is 9.88 Å². The largest absolute Gasteiger partial charge is 0.352 e. The number of nitrogens with zero attached hydrogens (tertiary/aromatic N) is 1. The van der Waals surface area contributed by atoms with Crippen LogP contribution in [0.25, 0.3) is 22.2 Å². The number of carbonyl (C=O) groups is 1. The fourth-order valence-corrected chi connectivity index (χ4v) is 4.94. The number of halogens is 3. The van der Waals surface area contributed by atoms with E-state index in [1.54, 1.807) is 12.1 Å². The lowest BCUT2D eigenvalue weighted by molar-refractivity contribution is -0.139. The van der Waals surface area contributed by atoms with Crippen LogP contribution in [-0.4, -0.2) is 28.9 Å². The first-order valence-corrected chi connectivity index (χ1v) is 10.6. The molecule has 3 nitrogen and oxygen atoms in total. The van der Waals surface area contributed by atoms with Crippen LogP contribution in [0.5, 0.6) is 0 Å². The van der Waals surface area contributed by atoms with Gasteiger partial charge in [0.2, 0.25) is 5.91 Å². The Morgan fingerprint density at radius 1 is 0.933 bits per heavy atom. The number of aromatic nitrogens is 1. The second-order valence-corrected chi connectivity index (χ2v) is 8.48. The van der Waals surface area contributed by atoms with Gasteiger partial charge in [-0.05, 0) is 79.5 Å². The molecule has 2 fully saturated rings. The molecular weight excluding hydrogens is 389 g/mol. The van der Waals surface area contributed by atoms with E-state index >= 15 is 0 Å². The third-order valence-electron chi connectivity index (χ3n) is 6.56. The number of nitrogens with one attached hydrogen (secondary N) is 1. The summed E-state index contributed by atoms with van der Waals surface area (Å²) < 4.78 is 41.9. The molecule has 1 amide bonds. The van der Waals surface area contributed by atoms with E-state index in [0.29, 0.717) is 29.5 Å². The van der Waals surface area contributed by atoms with Crippen molar-refractivity contribution in [3.05, 3.63) is 59.4 Å². The monoisotopic (exact) mass is 412 g/mol. The van der Waals surface area contributed by atoms with Crippen LogP contribution in [-0.2, 0) is 4.79 Å². The molecule has 3 aromatic rings. The third-order valence-corrected chi connectivity index (χ3v) is 6.56. The smallest absolute Gasteiger partial charge is 0.225 e. The number of hydrogen-bond acceptors (Lipinski definition) is 1. The molecule has 1 aliphatic heterocycles. The van der Waals surface area contributed by atoms with Crippen LogP contribution in [0.15, 0.2) is 36.4 Å². The van der Waals surface area contributed by atoms with Crippen LogP contribution in [0.3, 0.4) is 0 Å². The summed E-state index contributed by atoms with van der Waals surface area (Å²) in [5.74, 6) is -1.46. The van der Waals surface area contributed by atoms with Crippen LogP contribution in [0.4, 0.5) is 13.2 Å². The molecule has 0 radical (unpaired) electrons. The van der Waals surface area contributed by atoms with E-state index < -0.39 is 11.6 Å². The highest BCUT2D eigenvalue weighted by Crippen LogP contribution is 2.49. The number of benzene rings is 2. The number of piperidine rings is 1. The van der Waals surface area contributed by atoms with E-state index in [9.17, 15) is 18.0 Å². The number of aromatic amines is 1. The standard InChI is InChI=1S/C24H23F3N2O/c25-17-6-4-14(5-7-17)22-21(19-12-18(26)13-20(27)23(19)28-22)15-10-16(11-15)24(30)29-8-2-1-3-9-29/h4-7,12-13,15-16,28H,1-3,8-11H2/t15-,16-. The zero-order chi connectivity index (χ0) is 20.8. The Kier molecular flexibility index (Phi) is 4.80. The number of H-pyrrole nitrogens is 1. The van der Waals surface area contributed by atoms with Gasteiger partial charge >= 0.3 is 0 Å². The summed E-state index contributed by atoms with van der Waals surface area (Å²) in [5.41, 5.74) is 2.45. The van der Waals surface area contributed by atoms with Gasteiger partial charge in [0, 0.05) is 30.5 Å². The van der Waals surface area contributed by atoms with Crippen molar-refractivity contribution in [3.8, 4) is 11.3 Å². The second-order valence-electron chi connectivity index (χ2n) is 8.48. The number of likely N-dealkylation sites (tertiary alicyclic amines) is 1. The van der Waals surface area contributed by atoms with Gasteiger partial charge in [-0.2, -0.15) is 0 Å². The maximum absolute atomic E-state index is 14.5. The SMILES string of the molecule is O=C([C@H]1C[C@H](c2c(-c3ccc(F)cc3)[nH]c3c(F)cc(F)cc32)C1)N1CCCCC1. The number of carbonyl (C=O) groups excluding carboxylic acids is 1. The highest BCUT2D eigenvalue weighted by Gasteiger charge is 2.40. The molecule has 6 heteroatoms. The van der Waals surface area contributed by atoms with Crippen molar-refractivity contribution in [2.24, 2.45) is 5.92 Å². The van der Waals surface area contributed by atoms with Gasteiger partial charge in [0.1, 0.15) is 17.5 Å². The molecule has 0 spiro atoms. The molecule has 2 aromatic carbocycles. The molecule has 0 atom stereocenters. The number of hydrogen-bond donors (Lipinski definition) is 1. The predicted molar refractivity (Wildman–Crippen MR) is 110 cm³/mol. The van der Waals surface area contributed by atoms with Gasteiger partial charge in [0.25, 0.3) is 0 Å². The van der Waals surface area contributed by atoms with E-state index in [1.807, 2.05) is 4.90 Å². The highest BCUT2D eigenvalue weighted by atomic mass is 19.1. The minimum Gasteiger partial charge on any atom is -0.352 e. The number of rotatable bonds is 3. The first-order valence-electron chi connectivity index (χ1n) is 10.6. The lowest BCUT2D eigenvalue weighted by Gasteiger charge is -2.39. The van der Waals surface area contributed by atoms with Crippen molar-refractivity contribution in [3.63, 3.8) is 0 Å². The average Bonchev–Trinajstić information content (AvgIpc) is 3.07. The van der Waals surface area contributed by atoms with Crippen LogP contribution < -0.4 is 0 Å². The molecule has 1 saturated carbocycles. The van der Waals surface area contributed by atoms with Crippen molar-refractivity contribution in [2.75, 3.05) is 13.1 Å². The van der Waals surface area contributed by atoms with Gasteiger partial charge in [-0.3, -0.25) is 4.79 Å². The Morgan fingerprint density at radius 2 is 1.63 bits per heavy atom. The maximum Gasteiger partial charge on any atom is 0.225 e. The Labute approximate surface area is 172 Å². The second kappa shape index (κ2) is 7.49. The lowest BCUT2D eigenvalue weighted by atomic mass is 9.69. The van der Waals surface area contributed by atoms with Gasteiger partial charge in [-0.15, -0.1) is 0 Å². The summed E-state index contributed by atoms with van der Waals surface area (Å²) in [7, 11) is 0. The zero-order valence-electron chi connectivity index (χ0n) is 16.6.